The summed E-state index contributed by atoms with van der Waals surface area (Å²) in [7, 11) is -2.74. The predicted molar refractivity (Wildman–Crippen MR) is 98.0 cm³/mol. The van der Waals surface area contributed by atoms with E-state index >= 15 is 0 Å². The van der Waals surface area contributed by atoms with Gasteiger partial charge in [0.1, 0.15) is 10.9 Å². The van der Waals surface area contributed by atoms with Gasteiger partial charge >= 0.3 is 5.97 Å². The number of nitrogens with zero attached hydrogens (tertiary/aromatic N) is 1. The van der Waals surface area contributed by atoms with Gasteiger partial charge in [0, 0.05) is 11.6 Å². The summed E-state index contributed by atoms with van der Waals surface area (Å²) in [5.41, 5.74) is 1.17. The zero-order valence-electron chi connectivity index (χ0n) is 14.1. The summed E-state index contributed by atoms with van der Waals surface area (Å²) in [4.78, 5) is 16.3. The number of para-hydroxylation sites is 1. The van der Waals surface area contributed by atoms with Crippen molar-refractivity contribution in [2.24, 2.45) is 0 Å². The van der Waals surface area contributed by atoms with E-state index in [1.54, 1.807) is 24.3 Å². The van der Waals surface area contributed by atoms with Gasteiger partial charge in [-0.2, -0.15) is 4.72 Å². The molecule has 1 unspecified atom stereocenters. The second kappa shape index (κ2) is 7.63. The van der Waals surface area contributed by atoms with E-state index in [-0.39, 0.29) is 11.3 Å². The van der Waals surface area contributed by atoms with Crippen LogP contribution in [0.2, 0.25) is 0 Å². The van der Waals surface area contributed by atoms with Crippen LogP contribution in [-0.4, -0.2) is 32.5 Å². The molecular weight excluding hydrogens is 352 g/mol. The third kappa shape index (κ3) is 3.89. The molecule has 0 saturated heterocycles. The number of carbonyl (C=O) groups excluding carboxylic acids is 1. The lowest BCUT2D eigenvalue weighted by atomic mass is 10.1. The number of esters is 1. The number of aromatic nitrogens is 1. The van der Waals surface area contributed by atoms with E-state index in [2.05, 4.69) is 9.71 Å². The molecule has 0 aliphatic heterocycles. The minimum atomic E-state index is -3.97. The molecule has 0 aliphatic rings. The fourth-order valence-corrected chi connectivity index (χ4v) is 4.07. The molecular formula is C19H18N2O4S. The topological polar surface area (TPSA) is 85.4 Å². The number of methoxy groups -OCH3 is 1. The lowest BCUT2D eigenvalue weighted by molar-refractivity contribution is -0.142. The van der Waals surface area contributed by atoms with Crippen LogP contribution in [0.1, 0.15) is 5.56 Å². The SMILES string of the molecule is COC(=O)C(Cc1ccccc1)NS(=O)(=O)c1cccc2cccnc12. The average molecular weight is 370 g/mol. The summed E-state index contributed by atoms with van der Waals surface area (Å²) in [6.07, 6.45) is 1.72. The van der Waals surface area contributed by atoms with Gasteiger partial charge in [-0.3, -0.25) is 9.78 Å². The third-order valence-electron chi connectivity index (χ3n) is 3.95. The van der Waals surface area contributed by atoms with Crippen LogP contribution in [0, 0.1) is 0 Å². The summed E-state index contributed by atoms with van der Waals surface area (Å²) < 4.78 is 33.0. The minimum absolute atomic E-state index is 0.0255. The van der Waals surface area contributed by atoms with Gasteiger partial charge in [0.15, 0.2) is 0 Å². The number of ether oxygens (including phenoxy) is 1. The molecule has 0 radical (unpaired) electrons. The number of carbonyl (C=O) groups is 1. The second-order valence-electron chi connectivity index (χ2n) is 5.72. The van der Waals surface area contributed by atoms with E-state index in [1.807, 2.05) is 30.3 Å². The van der Waals surface area contributed by atoms with E-state index in [1.165, 1.54) is 19.4 Å². The van der Waals surface area contributed by atoms with Gasteiger partial charge in [-0.25, -0.2) is 8.42 Å². The molecule has 1 N–H and O–H groups in total. The Morgan fingerprint density at radius 2 is 1.81 bits per heavy atom. The van der Waals surface area contributed by atoms with Crippen molar-refractivity contribution in [2.45, 2.75) is 17.4 Å². The van der Waals surface area contributed by atoms with Crippen LogP contribution < -0.4 is 4.72 Å². The van der Waals surface area contributed by atoms with Crippen LogP contribution in [-0.2, 0) is 26.0 Å². The highest BCUT2D eigenvalue weighted by Gasteiger charge is 2.28. The van der Waals surface area contributed by atoms with Crippen LogP contribution in [0.25, 0.3) is 10.9 Å². The van der Waals surface area contributed by atoms with Crippen molar-refractivity contribution in [3.8, 4) is 0 Å². The average Bonchev–Trinajstić information content (AvgIpc) is 2.67. The molecule has 0 bridgehead atoms. The maximum atomic E-state index is 12.9. The summed E-state index contributed by atoms with van der Waals surface area (Å²) in [5.74, 6) is -0.648. The first kappa shape index (κ1) is 18.0. The Morgan fingerprint density at radius 1 is 1.08 bits per heavy atom. The molecule has 0 aliphatic carbocycles. The molecule has 7 heteroatoms. The molecule has 0 fully saturated rings. The Bertz CT molecular complexity index is 1010. The zero-order valence-corrected chi connectivity index (χ0v) is 14.9. The molecule has 3 aromatic rings. The Kier molecular flexibility index (Phi) is 5.29. The van der Waals surface area contributed by atoms with Crippen molar-refractivity contribution in [1.29, 1.82) is 0 Å². The van der Waals surface area contributed by atoms with Crippen LogP contribution in [0.5, 0.6) is 0 Å². The molecule has 26 heavy (non-hydrogen) atoms. The molecule has 6 nitrogen and oxygen atoms in total. The maximum absolute atomic E-state index is 12.9. The minimum Gasteiger partial charge on any atom is -0.468 e. The molecule has 3 rings (SSSR count). The normalized spacial score (nSPS) is 12.7. The van der Waals surface area contributed by atoms with Gasteiger partial charge in [-0.05, 0) is 24.1 Å². The largest absolute Gasteiger partial charge is 0.468 e. The summed E-state index contributed by atoms with van der Waals surface area (Å²) in [5, 5.41) is 0.702. The van der Waals surface area contributed by atoms with Gasteiger partial charge in [-0.15, -0.1) is 0 Å². The maximum Gasteiger partial charge on any atom is 0.324 e. The highest BCUT2D eigenvalue weighted by atomic mass is 32.2. The van der Waals surface area contributed by atoms with Crippen molar-refractivity contribution >= 4 is 26.9 Å². The van der Waals surface area contributed by atoms with E-state index in [0.717, 1.165) is 5.56 Å². The van der Waals surface area contributed by atoms with Crippen LogP contribution >= 0.6 is 0 Å². The van der Waals surface area contributed by atoms with Gasteiger partial charge in [0.05, 0.1) is 12.6 Å². The molecule has 1 atom stereocenters. The Balaban J connectivity index is 1.95. The number of sulfonamides is 1. The third-order valence-corrected chi connectivity index (χ3v) is 5.45. The number of hydrogen-bond donors (Lipinski definition) is 1. The van der Waals surface area contributed by atoms with E-state index in [9.17, 15) is 13.2 Å². The smallest absolute Gasteiger partial charge is 0.324 e. The van der Waals surface area contributed by atoms with Gasteiger partial charge < -0.3 is 4.74 Å². The molecule has 134 valence electrons. The Labute approximate surface area is 151 Å². The van der Waals surface area contributed by atoms with Crippen molar-refractivity contribution in [2.75, 3.05) is 7.11 Å². The van der Waals surface area contributed by atoms with Crippen molar-refractivity contribution in [3.05, 3.63) is 72.4 Å². The summed E-state index contributed by atoms with van der Waals surface area (Å²) in [6, 6.07) is 16.5. The molecule has 1 aromatic heterocycles. The van der Waals surface area contributed by atoms with Crippen molar-refractivity contribution in [3.63, 3.8) is 0 Å². The zero-order chi connectivity index (χ0) is 18.6. The first-order valence-electron chi connectivity index (χ1n) is 7.99. The fourth-order valence-electron chi connectivity index (χ4n) is 2.71. The van der Waals surface area contributed by atoms with E-state index in [4.69, 9.17) is 4.74 Å². The summed E-state index contributed by atoms with van der Waals surface area (Å²) in [6.45, 7) is 0. The van der Waals surface area contributed by atoms with Gasteiger partial charge in [0.25, 0.3) is 0 Å². The highest BCUT2D eigenvalue weighted by molar-refractivity contribution is 7.89. The van der Waals surface area contributed by atoms with Crippen LogP contribution in [0.3, 0.4) is 0 Å². The van der Waals surface area contributed by atoms with Crippen molar-refractivity contribution < 1.29 is 17.9 Å². The molecule has 1 heterocycles. The van der Waals surface area contributed by atoms with E-state index in [0.29, 0.717) is 10.9 Å². The lowest BCUT2D eigenvalue weighted by Crippen LogP contribution is -2.43. The van der Waals surface area contributed by atoms with Crippen LogP contribution in [0.15, 0.2) is 71.8 Å². The van der Waals surface area contributed by atoms with E-state index < -0.39 is 22.0 Å². The predicted octanol–water partition coefficient (Wildman–Crippen LogP) is 2.30. The summed E-state index contributed by atoms with van der Waals surface area (Å²) >= 11 is 0. The quantitative estimate of drug-likeness (QED) is 0.673. The number of nitrogens with one attached hydrogen (secondary N) is 1. The van der Waals surface area contributed by atoms with Gasteiger partial charge in [0.2, 0.25) is 10.0 Å². The monoisotopic (exact) mass is 370 g/mol. The number of benzene rings is 2. The molecule has 0 saturated carbocycles. The number of fused-ring (bicyclic) bond motifs is 1. The van der Waals surface area contributed by atoms with Gasteiger partial charge in [-0.1, -0.05) is 48.5 Å². The fraction of sp³-hybridized carbons (Fsp3) is 0.158. The second-order valence-corrected chi connectivity index (χ2v) is 7.40. The highest BCUT2D eigenvalue weighted by Crippen LogP contribution is 2.21. The van der Waals surface area contributed by atoms with Crippen LogP contribution in [0.4, 0.5) is 0 Å². The number of pyridine rings is 1. The Hall–Kier alpha value is -2.77. The standard InChI is InChI=1S/C19H18N2O4S/c1-25-19(22)16(13-14-7-3-2-4-8-14)21-26(23,24)17-11-5-9-15-10-6-12-20-18(15)17/h2-12,16,21H,13H2,1H3. The first-order chi connectivity index (χ1) is 12.5. The molecule has 2 aromatic carbocycles. The van der Waals surface area contributed by atoms with Crippen molar-refractivity contribution in [1.82, 2.24) is 9.71 Å². The number of rotatable bonds is 6. The lowest BCUT2D eigenvalue weighted by Gasteiger charge is -2.17. The first-order valence-corrected chi connectivity index (χ1v) is 9.47. The Morgan fingerprint density at radius 3 is 2.54 bits per heavy atom. The molecule has 0 spiro atoms. The molecule has 0 amide bonds. The number of hydrogen-bond acceptors (Lipinski definition) is 5.